The van der Waals surface area contributed by atoms with E-state index in [2.05, 4.69) is 20.0 Å². The second kappa shape index (κ2) is 8.84. The van der Waals surface area contributed by atoms with Gasteiger partial charge in [0.15, 0.2) is 11.6 Å². The van der Waals surface area contributed by atoms with Crippen LogP contribution in [-0.2, 0) is 16.6 Å². The van der Waals surface area contributed by atoms with Gasteiger partial charge in [-0.05, 0) is 49.2 Å². The number of benzene rings is 3. The van der Waals surface area contributed by atoms with Gasteiger partial charge in [-0.25, -0.2) is 18.4 Å². The smallest absolute Gasteiger partial charge is 0.263 e. The van der Waals surface area contributed by atoms with E-state index >= 15 is 0 Å². The van der Waals surface area contributed by atoms with Crippen LogP contribution in [0.3, 0.4) is 0 Å². The fraction of sp³-hybridized carbons (Fsp3) is 0.167. The molecule has 1 aromatic heterocycles. The van der Waals surface area contributed by atoms with E-state index in [-0.39, 0.29) is 10.7 Å². The van der Waals surface area contributed by atoms with Crippen LogP contribution < -0.4 is 14.8 Å². The first-order valence-electron chi connectivity index (χ1n) is 10.1. The van der Waals surface area contributed by atoms with E-state index < -0.39 is 10.0 Å². The van der Waals surface area contributed by atoms with Crippen LogP contribution in [0.4, 0.5) is 11.6 Å². The van der Waals surface area contributed by atoms with Crippen LogP contribution >= 0.6 is 0 Å². The fourth-order valence-corrected chi connectivity index (χ4v) is 4.74. The molecule has 0 aliphatic rings. The Balaban J connectivity index is 1.73. The van der Waals surface area contributed by atoms with Crippen molar-refractivity contribution in [2.24, 2.45) is 0 Å². The summed E-state index contributed by atoms with van der Waals surface area (Å²) in [5.74, 6) is 1.20. The molecule has 3 aromatic carbocycles. The summed E-state index contributed by atoms with van der Waals surface area (Å²) in [5.41, 5.74) is 3.67. The highest BCUT2D eigenvalue weighted by molar-refractivity contribution is 7.92. The number of fused-ring (bicyclic) bond motifs is 1. The van der Waals surface area contributed by atoms with Crippen LogP contribution in [0.15, 0.2) is 71.6 Å². The van der Waals surface area contributed by atoms with Gasteiger partial charge < -0.3 is 10.1 Å². The van der Waals surface area contributed by atoms with Gasteiger partial charge in [-0.1, -0.05) is 42.5 Å². The Kier molecular flexibility index (Phi) is 5.96. The SMILES string of the molecule is COc1ccccc1CNc1nc2ccccc2nc1NS(=O)(=O)c1cc(C)ccc1C. The molecule has 4 aromatic rings. The lowest BCUT2D eigenvalue weighted by molar-refractivity contribution is 0.410. The molecule has 0 bridgehead atoms. The molecule has 4 rings (SSSR count). The quantitative estimate of drug-likeness (QED) is 0.427. The van der Waals surface area contributed by atoms with Gasteiger partial charge in [0.25, 0.3) is 10.0 Å². The molecular formula is C24H24N4O3S. The summed E-state index contributed by atoms with van der Waals surface area (Å²) in [6, 6.07) is 20.2. The predicted octanol–water partition coefficient (Wildman–Crippen LogP) is 4.67. The maximum absolute atomic E-state index is 13.2. The first-order chi connectivity index (χ1) is 15.4. The van der Waals surface area contributed by atoms with Crippen LogP contribution in [0.5, 0.6) is 5.75 Å². The molecule has 0 aliphatic carbocycles. The zero-order chi connectivity index (χ0) is 22.7. The van der Waals surface area contributed by atoms with Crippen LogP contribution in [0.1, 0.15) is 16.7 Å². The standard InChI is InChI=1S/C24H24N4O3S/c1-16-12-13-17(2)22(14-16)32(29,30)28-24-23(26-19-9-5-6-10-20(19)27-24)25-15-18-8-4-7-11-21(18)31-3/h4-14H,15H2,1-3H3,(H,25,26)(H,27,28). The number of anilines is 2. The Bertz CT molecular complexity index is 1390. The minimum atomic E-state index is -3.87. The third-order valence-corrected chi connectivity index (χ3v) is 6.55. The number of nitrogens with zero attached hydrogens (tertiary/aromatic N) is 2. The van der Waals surface area contributed by atoms with Crippen molar-refractivity contribution in [3.05, 3.63) is 83.4 Å². The molecule has 2 N–H and O–H groups in total. The molecular weight excluding hydrogens is 424 g/mol. The molecule has 0 saturated carbocycles. The minimum absolute atomic E-state index is 0.138. The van der Waals surface area contributed by atoms with Gasteiger partial charge in [0.05, 0.1) is 23.0 Å². The van der Waals surface area contributed by atoms with Crippen LogP contribution in [0.25, 0.3) is 11.0 Å². The summed E-state index contributed by atoms with van der Waals surface area (Å²) in [5, 5.41) is 3.22. The molecule has 1 heterocycles. The third kappa shape index (κ3) is 4.50. The number of hydrogen-bond donors (Lipinski definition) is 2. The maximum atomic E-state index is 13.2. The van der Waals surface area contributed by atoms with Crippen molar-refractivity contribution in [2.75, 3.05) is 17.1 Å². The highest BCUT2D eigenvalue weighted by atomic mass is 32.2. The van der Waals surface area contributed by atoms with Crippen LogP contribution in [0.2, 0.25) is 0 Å². The summed E-state index contributed by atoms with van der Waals surface area (Å²) in [7, 11) is -2.26. The topological polar surface area (TPSA) is 93.2 Å². The second-order valence-electron chi connectivity index (χ2n) is 7.45. The molecule has 0 fully saturated rings. The van der Waals surface area contributed by atoms with Gasteiger partial charge in [-0.3, -0.25) is 4.72 Å². The van der Waals surface area contributed by atoms with Crippen molar-refractivity contribution in [3.8, 4) is 5.75 Å². The van der Waals surface area contributed by atoms with E-state index in [1.54, 1.807) is 32.2 Å². The van der Waals surface area contributed by atoms with Gasteiger partial charge >= 0.3 is 0 Å². The lowest BCUT2D eigenvalue weighted by Crippen LogP contribution is -2.18. The third-order valence-electron chi connectivity index (χ3n) is 5.07. The first-order valence-corrected chi connectivity index (χ1v) is 11.6. The predicted molar refractivity (Wildman–Crippen MR) is 127 cm³/mol. The molecule has 0 spiro atoms. The summed E-state index contributed by atoms with van der Waals surface area (Å²) in [6.07, 6.45) is 0. The Morgan fingerprint density at radius 3 is 2.25 bits per heavy atom. The van der Waals surface area contributed by atoms with Gasteiger partial charge in [0.2, 0.25) is 0 Å². The number of aryl methyl sites for hydroxylation is 2. The Morgan fingerprint density at radius 2 is 1.53 bits per heavy atom. The number of methoxy groups -OCH3 is 1. The van der Waals surface area contributed by atoms with Crippen LogP contribution in [-0.4, -0.2) is 25.5 Å². The van der Waals surface area contributed by atoms with E-state index in [1.807, 2.05) is 55.5 Å². The van der Waals surface area contributed by atoms with E-state index in [9.17, 15) is 8.42 Å². The van der Waals surface area contributed by atoms with E-state index in [1.165, 1.54) is 0 Å². The summed E-state index contributed by atoms with van der Waals surface area (Å²) in [6.45, 7) is 4.00. The lowest BCUT2D eigenvalue weighted by atomic mass is 10.2. The van der Waals surface area contributed by atoms with E-state index in [0.29, 0.717) is 29.0 Å². The number of nitrogens with one attached hydrogen (secondary N) is 2. The van der Waals surface area contributed by atoms with Gasteiger partial charge in [-0.15, -0.1) is 0 Å². The largest absolute Gasteiger partial charge is 0.496 e. The van der Waals surface area contributed by atoms with Gasteiger partial charge in [0, 0.05) is 12.1 Å². The molecule has 164 valence electrons. The van der Waals surface area contributed by atoms with Crippen molar-refractivity contribution < 1.29 is 13.2 Å². The van der Waals surface area contributed by atoms with Crippen molar-refractivity contribution in [2.45, 2.75) is 25.3 Å². The Hall–Kier alpha value is -3.65. The zero-order valence-corrected chi connectivity index (χ0v) is 18.9. The monoisotopic (exact) mass is 448 g/mol. The highest BCUT2D eigenvalue weighted by Crippen LogP contribution is 2.27. The Labute approximate surface area is 187 Å². The second-order valence-corrected chi connectivity index (χ2v) is 9.10. The van der Waals surface area contributed by atoms with Crippen molar-refractivity contribution >= 4 is 32.7 Å². The molecule has 0 amide bonds. The van der Waals surface area contributed by atoms with Crippen molar-refractivity contribution in [1.82, 2.24) is 9.97 Å². The fourth-order valence-electron chi connectivity index (χ4n) is 3.40. The van der Waals surface area contributed by atoms with Crippen molar-refractivity contribution in [1.29, 1.82) is 0 Å². The normalized spacial score (nSPS) is 11.3. The van der Waals surface area contributed by atoms with Crippen LogP contribution in [0, 0.1) is 13.8 Å². The zero-order valence-electron chi connectivity index (χ0n) is 18.1. The van der Waals surface area contributed by atoms with Gasteiger partial charge in [0.1, 0.15) is 5.75 Å². The maximum Gasteiger partial charge on any atom is 0.263 e. The summed E-state index contributed by atoms with van der Waals surface area (Å²) < 4.78 is 34.5. The number of sulfonamides is 1. The number of rotatable bonds is 7. The molecule has 0 atom stereocenters. The van der Waals surface area contributed by atoms with E-state index in [0.717, 1.165) is 16.9 Å². The van der Waals surface area contributed by atoms with Crippen molar-refractivity contribution in [3.63, 3.8) is 0 Å². The molecule has 0 radical (unpaired) electrons. The Morgan fingerprint density at radius 1 is 0.875 bits per heavy atom. The number of para-hydroxylation sites is 3. The minimum Gasteiger partial charge on any atom is -0.496 e. The number of hydrogen-bond acceptors (Lipinski definition) is 6. The molecule has 0 saturated heterocycles. The molecule has 7 nitrogen and oxygen atoms in total. The molecule has 32 heavy (non-hydrogen) atoms. The average Bonchev–Trinajstić information content (AvgIpc) is 2.79. The molecule has 8 heteroatoms. The lowest BCUT2D eigenvalue weighted by Gasteiger charge is -2.16. The van der Waals surface area contributed by atoms with Gasteiger partial charge in [-0.2, -0.15) is 0 Å². The molecule has 0 aliphatic heterocycles. The average molecular weight is 449 g/mol. The summed E-state index contributed by atoms with van der Waals surface area (Å²) >= 11 is 0. The summed E-state index contributed by atoms with van der Waals surface area (Å²) in [4.78, 5) is 9.38. The van der Waals surface area contributed by atoms with E-state index in [4.69, 9.17) is 4.74 Å². The molecule has 0 unspecified atom stereocenters. The first kappa shape index (κ1) is 21.6. The number of aromatic nitrogens is 2. The number of ether oxygens (including phenoxy) is 1. The highest BCUT2D eigenvalue weighted by Gasteiger charge is 2.21.